The zero-order valence-electron chi connectivity index (χ0n) is 14.3. The quantitative estimate of drug-likeness (QED) is 0.676. The van der Waals surface area contributed by atoms with Gasteiger partial charge in [0, 0.05) is 0 Å². The highest BCUT2D eigenvalue weighted by molar-refractivity contribution is 5.95. The van der Waals surface area contributed by atoms with Gasteiger partial charge in [-0.15, -0.1) is 0 Å². The van der Waals surface area contributed by atoms with E-state index in [2.05, 4.69) is 19.6 Å². The molecule has 0 heterocycles. The van der Waals surface area contributed by atoms with E-state index in [4.69, 9.17) is 0 Å². The summed E-state index contributed by atoms with van der Waals surface area (Å²) in [4.78, 5) is 0. The van der Waals surface area contributed by atoms with Crippen molar-refractivity contribution in [1.29, 1.82) is 0 Å². The number of rotatable bonds is 3. The maximum absolute atomic E-state index is 13.7. The van der Waals surface area contributed by atoms with Crippen LogP contribution in [0.1, 0.15) is 30.0 Å². The summed E-state index contributed by atoms with van der Waals surface area (Å²) in [6.07, 6.45) is 9.46. The van der Waals surface area contributed by atoms with Crippen LogP contribution in [0.15, 0.2) is 78.4 Å². The molecule has 1 N–H and O–H groups in total. The second-order valence-corrected chi connectivity index (χ2v) is 6.24. The molecule has 1 aliphatic rings. The summed E-state index contributed by atoms with van der Waals surface area (Å²) in [5.74, 6) is 0.0179. The van der Waals surface area contributed by atoms with Gasteiger partial charge in [0.15, 0.2) is 0 Å². The topological polar surface area (TPSA) is 20.2 Å². The first-order valence-electron chi connectivity index (χ1n) is 8.37. The van der Waals surface area contributed by atoms with Crippen molar-refractivity contribution in [3.8, 4) is 5.75 Å². The molecule has 0 saturated heterocycles. The predicted octanol–water partition coefficient (Wildman–Crippen LogP) is 6.08. The van der Waals surface area contributed by atoms with Crippen LogP contribution >= 0.6 is 0 Å². The number of hydrogen-bond acceptors (Lipinski definition) is 1. The summed E-state index contributed by atoms with van der Waals surface area (Å²) >= 11 is 0. The monoisotopic (exact) mass is 332 g/mol. The average Bonchev–Trinajstić information content (AvgIpc) is 2.71. The Kier molecular flexibility index (Phi) is 4.99. The van der Waals surface area contributed by atoms with Crippen LogP contribution in [0.2, 0.25) is 0 Å². The van der Waals surface area contributed by atoms with Crippen LogP contribution in [0.4, 0.5) is 4.39 Å². The lowest BCUT2D eigenvalue weighted by Gasteiger charge is -2.13. The normalized spacial score (nSPS) is 16.2. The fourth-order valence-electron chi connectivity index (χ4n) is 3.20. The number of halogens is 1. The van der Waals surface area contributed by atoms with Crippen molar-refractivity contribution >= 4 is 11.6 Å². The van der Waals surface area contributed by atoms with E-state index in [1.54, 1.807) is 24.3 Å². The van der Waals surface area contributed by atoms with Gasteiger partial charge in [-0.05, 0) is 77.9 Å². The minimum atomic E-state index is -0.210. The highest BCUT2D eigenvalue weighted by Gasteiger charge is 2.18. The van der Waals surface area contributed by atoms with Crippen molar-refractivity contribution in [3.05, 3.63) is 101 Å². The summed E-state index contributed by atoms with van der Waals surface area (Å²) in [5, 5.41) is 9.77. The Bertz CT molecular complexity index is 900. The molecule has 0 aliphatic heterocycles. The van der Waals surface area contributed by atoms with Gasteiger partial charge in [-0.25, -0.2) is 4.39 Å². The Labute approximate surface area is 148 Å². The number of benzene rings is 2. The first-order valence-corrected chi connectivity index (χ1v) is 8.37. The van der Waals surface area contributed by atoms with Gasteiger partial charge in [0.2, 0.25) is 0 Å². The molecule has 0 spiro atoms. The second-order valence-electron chi connectivity index (χ2n) is 6.24. The Morgan fingerprint density at radius 2 is 1.96 bits per heavy atom. The van der Waals surface area contributed by atoms with Gasteiger partial charge in [-0.1, -0.05) is 48.6 Å². The lowest BCUT2D eigenvalue weighted by molar-refractivity contribution is 0.475. The van der Waals surface area contributed by atoms with E-state index in [0.29, 0.717) is 0 Å². The van der Waals surface area contributed by atoms with Crippen molar-refractivity contribution in [3.63, 3.8) is 0 Å². The van der Waals surface area contributed by atoms with Crippen molar-refractivity contribution in [1.82, 2.24) is 0 Å². The smallest absolute Gasteiger partial charge is 0.123 e. The maximum Gasteiger partial charge on any atom is 0.123 e. The molecular weight excluding hydrogens is 311 g/mol. The van der Waals surface area contributed by atoms with Crippen LogP contribution < -0.4 is 0 Å². The molecule has 0 bridgehead atoms. The van der Waals surface area contributed by atoms with Crippen molar-refractivity contribution in [2.75, 3.05) is 0 Å². The Morgan fingerprint density at radius 1 is 1.12 bits per heavy atom. The number of hydrogen-bond donors (Lipinski definition) is 1. The zero-order valence-corrected chi connectivity index (χ0v) is 14.3. The van der Waals surface area contributed by atoms with Gasteiger partial charge >= 0.3 is 0 Å². The molecule has 0 saturated carbocycles. The molecule has 0 aromatic heterocycles. The third-order valence-electron chi connectivity index (χ3n) is 4.46. The third-order valence-corrected chi connectivity index (χ3v) is 4.46. The van der Waals surface area contributed by atoms with Crippen LogP contribution in [0.25, 0.3) is 11.6 Å². The number of aryl methyl sites for hydroxylation is 1. The van der Waals surface area contributed by atoms with Crippen LogP contribution in [-0.2, 0) is 6.42 Å². The molecule has 126 valence electrons. The van der Waals surface area contributed by atoms with Gasteiger partial charge in [-0.3, -0.25) is 0 Å². The molecule has 3 rings (SSSR count). The van der Waals surface area contributed by atoms with Crippen molar-refractivity contribution < 1.29 is 9.50 Å². The van der Waals surface area contributed by atoms with Crippen molar-refractivity contribution in [2.45, 2.75) is 19.8 Å². The molecule has 0 fully saturated rings. The van der Waals surface area contributed by atoms with Crippen LogP contribution in [0.5, 0.6) is 5.75 Å². The van der Waals surface area contributed by atoms with E-state index in [-0.39, 0.29) is 11.6 Å². The Balaban J connectivity index is 2.24. The molecule has 0 amide bonds. The van der Waals surface area contributed by atoms with Gasteiger partial charge in [0.1, 0.15) is 11.6 Å². The highest BCUT2D eigenvalue weighted by Crippen LogP contribution is 2.36. The van der Waals surface area contributed by atoms with Crippen LogP contribution in [0, 0.1) is 5.82 Å². The molecule has 0 radical (unpaired) electrons. The number of allylic oxidation sites excluding steroid dienone is 6. The van der Waals surface area contributed by atoms with E-state index in [1.165, 1.54) is 11.6 Å². The molecule has 0 unspecified atom stereocenters. The minimum absolute atomic E-state index is 0.210. The van der Waals surface area contributed by atoms with Crippen LogP contribution in [-0.4, -0.2) is 5.11 Å². The molecule has 2 aromatic carbocycles. The minimum Gasteiger partial charge on any atom is -0.508 e. The van der Waals surface area contributed by atoms with Gasteiger partial charge in [0.25, 0.3) is 0 Å². The zero-order chi connectivity index (χ0) is 17.8. The molecule has 1 nitrogen and oxygen atoms in total. The van der Waals surface area contributed by atoms with Gasteiger partial charge in [0.05, 0.1) is 0 Å². The number of phenolic OH excluding ortho intramolecular Hbond substituents is 1. The van der Waals surface area contributed by atoms with E-state index >= 15 is 0 Å². The average molecular weight is 332 g/mol. The second kappa shape index (κ2) is 7.35. The standard InChI is InChI=1S/C23H21FO/c1-3-4-8-21-16(2)9-10-18-15-19(24)11-12-22(18)23(21)14-17-6-5-7-20(25)13-17/h3-8,11-15,25H,1,9-10H2,2H3/b8-4-,23-14+. The molecule has 2 aromatic rings. The molecule has 0 atom stereocenters. The van der Waals surface area contributed by atoms with Gasteiger partial charge in [-0.2, -0.15) is 0 Å². The fourth-order valence-corrected chi connectivity index (χ4v) is 3.20. The molecule has 1 aliphatic carbocycles. The first-order chi connectivity index (χ1) is 12.1. The summed E-state index contributed by atoms with van der Waals surface area (Å²) in [6.45, 7) is 5.87. The fraction of sp³-hybridized carbons (Fsp3) is 0.130. The summed E-state index contributed by atoms with van der Waals surface area (Å²) in [5.41, 5.74) is 6.35. The van der Waals surface area contributed by atoms with E-state index in [9.17, 15) is 9.50 Å². The Morgan fingerprint density at radius 3 is 2.72 bits per heavy atom. The largest absolute Gasteiger partial charge is 0.508 e. The number of fused-ring (bicyclic) bond motifs is 1. The lowest BCUT2D eigenvalue weighted by atomic mass is 9.91. The first kappa shape index (κ1) is 17.0. The molecule has 25 heavy (non-hydrogen) atoms. The predicted molar refractivity (Wildman–Crippen MR) is 103 cm³/mol. The lowest BCUT2D eigenvalue weighted by Crippen LogP contribution is -1.94. The summed E-state index contributed by atoms with van der Waals surface area (Å²) < 4.78 is 13.7. The van der Waals surface area contributed by atoms with E-state index < -0.39 is 0 Å². The molecule has 2 heteroatoms. The Hall–Kier alpha value is -2.87. The summed E-state index contributed by atoms with van der Waals surface area (Å²) in [6, 6.07) is 12.1. The van der Waals surface area contributed by atoms with Crippen LogP contribution in [0.3, 0.4) is 0 Å². The summed E-state index contributed by atoms with van der Waals surface area (Å²) in [7, 11) is 0. The number of aromatic hydroxyl groups is 1. The maximum atomic E-state index is 13.7. The number of phenols is 1. The van der Waals surface area contributed by atoms with Crippen molar-refractivity contribution in [2.24, 2.45) is 0 Å². The van der Waals surface area contributed by atoms with E-state index in [1.807, 2.05) is 30.4 Å². The SMILES string of the molecule is C=C/C=C\C1=C(C)CCc2cc(F)ccc2/C1=C/c1cccc(O)c1. The molecular formula is C23H21FO. The highest BCUT2D eigenvalue weighted by atomic mass is 19.1. The third kappa shape index (κ3) is 3.80. The van der Waals surface area contributed by atoms with Gasteiger partial charge < -0.3 is 5.11 Å². The van der Waals surface area contributed by atoms with E-state index in [0.717, 1.165) is 40.7 Å².